The highest BCUT2D eigenvalue weighted by atomic mass is 16.5. The second-order valence-electron chi connectivity index (χ2n) is 4.43. The molecule has 2 aromatic rings. The van der Waals surface area contributed by atoms with E-state index >= 15 is 0 Å². The first kappa shape index (κ1) is 14.9. The zero-order chi connectivity index (χ0) is 15.2. The average Bonchev–Trinajstić information content (AvgIpc) is 2.53. The van der Waals surface area contributed by atoms with Crippen molar-refractivity contribution < 1.29 is 24.5 Å². The van der Waals surface area contributed by atoms with E-state index in [9.17, 15) is 15.0 Å². The van der Waals surface area contributed by atoms with Gasteiger partial charge in [0.05, 0.1) is 7.11 Å². The van der Waals surface area contributed by atoms with E-state index in [0.29, 0.717) is 16.9 Å². The minimum Gasteiger partial charge on any atom is -0.504 e. The Morgan fingerprint density at radius 1 is 1.19 bits per heavy atom. The Morgan fingerprint density at radius 3 is 2.57 bits per heavy atom. The van der Waals surface area contributed by atoms with Crippen molar-refractivity contribution in [3.05, 3.63) is 59.7 Å². The van der Waals surface area contributed by atoms with Crippen molar-refractivity contribution in [2.45, 2.75) is 12.7 Å². The number of hydrogen-bond acceptors (Lipinski definition) is 5. The monoisotopic (exact) mass is 288 g/mol. The van der Waals surface area contributed by atoms with Gasteiger partial charge in [0.2, 0.25) is 0 Å². The highest BCUT2D eigenvalue weighted by Crippen LogP contribution is 2.26. The van der Waals surface area contributed by atoms with E-state index < -0.39 is 12.1 Å². The molecule has 2 rings (SSSR count). The van der Waals surface area contributed by atoms with Crippen LogP contribution in [0.3, 0.4) is 0 Å². The van der Waals surface area contributed by atoms with E-state index in [4.69, 9.17) is 9.47 Å². The van der Waals surface area contributed by atoms with E-state index in [1.165, 1.54) is 13.2 Å². The zero-order valence-corrected chi connectivity index (χ0v) is 11.5. The van der Waals surface area contributed by atoms with Crippen molar-refractivity contribution in [3.63, 3.8) is 0 Å². The Bertz CT molecular complexity index is 609. The number of benzene rings is 2. The van der Waals surface area contributed by atoms with Gasteiger partial charge in [0, 0.05) is 0 Å². The summed E-state index contributed by atoms with van der Waals surface area (Å²) in [7, 11) is 1.43. The van der Waals surface area contributed by atoms with Crippen LogP contribution in [0.2, 0.25) is 0 Å². The molecule has 110 valence electrons. The summed E-state index contributed by atoms with van der Waals surface area (Å²) in [6, 6.07) is 13.2. The van der Waals surface area contributed by atoms with Crippen molar-refractivity contribution in [2.75, 3.05) is 7.11 Å². The molecule has 0 bridgehead atoms. The van der Waals surface area contributed by atoms with E-state index in [1.807, 2.05) is 0 Å². The molecule has 0 saturated heterocycles. The topological polar surface area (TPSA) is 76.0 Å². The second-order valence-corrected chi connectivity index (χ2v) is 4.43. The fraction of sp³-hybridized carbons (Fsp3) is 0.188. The predicted octanol–water partition coefficient (Wildman–Crippen LogP) is 2.18. The predicted molar refractivity (Wildman–Crippen MR) is 75.9 cm³/mol. The van der Waals surface area contributed by atoms with Gasteiger partial charge in [-0.2, -0.15) is 0 Å². The second kappa shape index (κ2) is 6.76. The molecule has 2 N–H and O–H groups in total. The minimum absolute atomic E-state index is 0.0110. The molecule has 0 radical (unpaired) electrons. The van der Waals surface area contributed by atoms with Crippen LogP contribution in [0.1, 0.15) is 17.2 Å². The molecule has 1 unspecified atom stereocenters. The van der Waals surface area contributed by atoms with Gasteiger partial charge in [0.25, 0.3) is 0 Å². The number of phenols is 1. The number of carbonyl (C=O) groups excluding carboxylic acids is 1. The van der Waals surface area contributed by atoms with Gasteiger partial charge in [-0.05, 0) is 23.3 Å². The number of carbonyl (C=O) groups is 1. The molecular formula is C16H16O5. The molecule has 5 nitrogen and oxygen atoms in total. The molecular weight excluding hydrogens is 272 g/mol. The summed E-state index contributed by atoms with van der Waals surface area (Å²) in [5.74, 6) is -0.419. The van der Waals surface area contributed by atoms with E-state index in [-0.39, 0.29) is 12.4 Å². The van der Waals surface area contributed by atoms with Crippen LogP contribution in [0.4, 0.5) is 0 Å². The van der Waals surface area contributed by atoms with Gasteiger partial charge >= 0.3 is 5.97 Å². The first-order valence-corrected chi connectivity index (χ1v) is 6.37. The van der Waals surface area contributed by atoms with Crippen LogP contribution >= 0.6 is 0 Å². The number of rotatable bonds is 5. The normalized spacial score (nSPS) is 11.7. The molecule has 5 heteroatoms. The third-order valence-corrected chi connectivity index (χ3v) is 2.96. The molecule has 0 aliphatic heterocycles. The van der Waals surface area contributed by atoms with Crippen molar-refractivity contribution in [1.82, 2.24) is 0 Å². The molecule has 0 amide bonds. The summed E-state index contributed by atoms with van der Waals surface area (Å²) in [6.07, 6.45) is -1.31. The van der Waals surface area contributed by atoms with Gasteiger partial charge in [0.1, 0.15) is 6.61 Å². The van der Waals surface area contributed by atoms with Gasteiger partial charge in [-0.3, -0.25) is 0 Å². The molecule has 0 aliphatic rings. The van der Waals surface area contributed by atoms with Crippen LogP contribution < -0.4 is 4.74 Å². The minimum atomic E-state index is -1.31. The maximum absolute atomic E-state index is 11.8. The zero-order valence-electron chi connectivity index (χ0n) is 11.5. The maximum atomic E-state index is 11.8. The fourth-order valence-electron chi connectivity index (χ4n) is 1.82. The molecule has 1 atom stereocenters. The first-order chi connectivity index (χ1) is 10.1. The van der Waals surface area contributed by atoms with Crippen LogP contribution in [-0.4, -0.2) is 23.3 Å². The standard InChI is InChI=1S/C16H16O5/c1-20-14-9-11(7-8-13(14)17)10-21-16(19)15(18)12-5-3-2-4-6-12/h2-9,15,17-18H,10H2,1H3. The van der Waals surface area contributed by atoms with Gasteiger partial charge in [-0.1, -0.05) is 36.4 Å². The van der Waals surface area contributed by atoms with Crippen LogP contribution in [0, 0.1) is 0 Å². The highest BCUT2D eigenvalue weighted by molar-refractivity contribution is 5.76. The number of aromatic hydroxyl groups is 1. The number of phenolic OH excluding ortho intramolecular Hbond substituents is 1. The lowest BCUT2D eigenvalue weighted by atomic mass is 10.1. The quantitative estimate of drug-likeness (QED) is 0.825. The number of ether oxygens (including phenoxy) is 2. The maximum Gasteiger partial charge on any atom is 0.339 e. The summed E-state index contributed by atoms with van der Waals surface area (Å²) in [5, 5.41) is 19.3. The third-order valence-electron chi connectivity index (χ3n) is 2.96. The third kappa shape index (κ3) is 3.73. The molecule has 21 heavy (non-hydrogen) atoms. The molecule has 0 heterocycles. The number of methoxy groups -OCH3 is 1. The molecule has 2 aromatic carbocycles. The van der Waals surface area contributed by atoms with E-state index in [0.717, 1.165) is 0 Å². The van der Waals surface area contributed by atoms with Gasteiger partial charge in [-0.25, -0.2) is 4.79 Å². The Hall–Kier alpha value is -2.53. The Morgan fingerprint density at radius 2 is 1.90 bits per heavy atom. The average molecular weight is 288 g/mol. The Labute approximate surface area is 122 Å². The van der Waals surface area contributed by atoms with E-state index in [2.05, 4.69) is 0 Å². The SMILES string of the molecule is COc1cc(COC(=O)C(O)c2ccccc2)ccc1O. The molecule has 0 spiro atoms. The van der Waals surface area contributed by atoms with E-state index in [1.54, 1.807) is 42.5 Å². The molecule has 0 saturated carbocycles. The largest absolute Gasteiger partial charge is 0.504 e. The number of aliphatic hydroxyl groups is 1. The fourth-order valence-corrected chi connectivity index (χ4v) is 1.82. The lowest BCUT2D eigenvalue weighted by Gasteiger charge is -2.11. The summed E-state index contributed by atoms with van der Waals surface area (Å²) in [6.45, 7) is -0.0145. The first-order valence-electron chi connectivity index (χ1n) is 6.37. The molecule has 0 fully saturated rings. The van der Waals surface area contributed by atoms with Crippen molar-refractivity contribution in [3.8, 4) is 11.5 Å². The lowest BCUT2D eigenvalue weighted by Crippen LogP contribution is -2.15. The molecule has 0 aliphatic carbocycles. The van der Waals surface area contributed by atoms with Gasteiger partial charge in [0.15, 0.2) is 17.6 Å². The van der Waals surface area contributed by atoms with Gasteiger partial charge < -0.3 is 19.7 Å². The lowest BCUT2D eigenvalue weighted by molar-refractivity contribution is -0.155. The van der Waals surface area contributed by atoms with Crippen LogP contribution in [0.25, 0.3) is 0 Å². The molecule has 0 aromatic heterocycles. The highest BCUT2D eigenvalue weighted by Gasteiger charge is 2.18. The smallest absolute Gasteiger partial charge is 0.339 e. The number of hydrogen-bond donors (Lipinski definition) is 2. The van der Waals surface area contributed by atoms with Crippen molar-refractivity contribution in [1.29, 1.82) is 0 Å². The summed E-state index contributed by atoms with van der Waals surface area (Å²) in [5.41, 5.74) is 1.13. The summed E-state index contributed by atoms with van der Waals surface area (Å²) < 4.78 is 10.0. The van der Waals surface area contributed by atoms with Crippen LogP contribution in [-0.2, 0) is 16.1 Å². The number of esters is 1. The summed E-state index contributed by atoms with van der Waals surface area (Å²) >= 11 is 0. The van der Waals surface area contributed by atoms with Crippen molar-refractivity contribution in [2.24, 2.45) is 0 Å². The summed E-state index contributed by atoms with van der Waals surface area (Å²) in [4.78, 5) is 11.8. The van der Waals surface area contributed by atoms with Crippen molar-refractivity contribution >= 4 is 5.97 Å². The van der Waals surface area contributed by atoms with Crippen LogP contribution in [0.15, 0.2) is 48.5 Å². The Balaban J connectivity index is 1.98. The number of aliphatic hydroxyl groups excluding tert-OH is 1. The van der Waals surface area contributed by atoms with Crippen LogP contribution in [0.5, 0.6) is 11.5 Å². The Kier molecular flexibility index (Phi) is 4.79. The van der Waals surface area contributed by atoms with Gasteiger partial charge in [-0.15, -0.1) is 0 Å².